The number of ether oxygens (including phenoxy) is 1. The van der Waals surface area contributed by atoms with Crippen LogP contribution in [0.4, 0.5) is 0 Å². The van der Waals surface area contributed by atoms with Gasteiger partial charge in [0.2, 0.25) is 0 Å². The third-order valence-corrected chi connectivity index (χ3v) is 3.26. The Morgan fingerprint density at radius 2 is 2.17 bits per heavy atom. The SMILES string of the molecule is [2H]C([2H])([2H])C([2H])([2H])C([2H])([2H])C([2H])([2H])C([2H])([2H])/C=C\C[C@@H]1O[C@H]1[C@H](O)/C=C\C/C=C\CCCC(=O)O. The van der Waals surface area contributed by atoms with Gasteiger partial charge in [0.05, 0.1) is 6.10 Å². The maximum Gasteiger partial charge on any atom is 0.303 e. The Bertz CT molecular complexity index is 803. The summed E-state index contributed by atoms with van der Waals surface area (Å²) in [5.74, 6) is -0.845. The minimum atomic E-state index is -3.69. The number of aliphatic hydroxyl groups excluding tert-OH is 1. The van der Waals surface area contributed by atoms with Crippen LogP contribution in [0.3, 0.4) is 0 Å². The monoisotopic (exact) mass is 347 g/mol. The summed E-state index contributed by atoms with van der Waals surface area (Å²) in [5.41, 5.74) is 0. The summed E-state index contributed by atoms with van der Waals surface area (Å²) >= 11 is 0. The van der Waals surface area contributed by atoms with Crippen LogP contribution in [0.2, 0.25) is 0 Å². The van der Waals surface area contributed by atoms with Gasteiger partial charge in [0.15, 0.2) is 0 Å². The minimum Gasteiger partial charge on any atom is -0.481 e. The Morgan fingerprint density at radius 3 is 2.96 bits per heavy atom. The number of allylic oxidation sites excluding steroid dienone is 4. The highest BCUT2D eigenvalue weighted by atomic mass is 16.6. The third kappa shape index (κ3) is 10.4. The predicted molar refractivity (Wildman–Crippen MR) is 97.0 cm³/mol. The van der Waals surface area contributed by atoms with Crippen LogP contribution >= 0.6 is 0 Å². The van der Waals surface area contributed by atoms with Gasteiger partial charge in [-0.25, -0.2) is 0 Å². The van der Waals surface area contributed by atoms with E-state index in [0.717, 1.165) is 6.08 Å². The van der Waals surface area contributed by atoms with E-state index in [1.54, 1.807) is 6.08 Å². The highest BCUT2D eigenvalue weighted by Gasteiger charge is 2.42. The van der Waals surface area contributed by atoms with E-state index in [9.17, 15) is 9.90 Å². The molecule has 3 atom stereocenters. The maximum atomic E-state index is 10.4. The van der Waals surface area contributed by atoms with Crippen molar-refractivity contribution >= 4 is 5.97 Å². The van der Waals surface area contributed by atoms with E-state index in [1.807, 2.05) is 12.2 Å². The van der Waals surface area contributed by atoms with E-state index in [0.29, 0.717) is 19.3 Å². The van der Waals surface area contributed by atoms with Gasteiger partial charge >= 0.3 is 5.97 Å². The van der Waals surface area contributed by atoms with Gasteiger partial charge in [-0.1, -0.05) is 56.1 Å². The van der Waals surface area contributed by atoms with E-state index in [2.05, 4.69) is 0 Å². The molecule has 4 nitrogen and oxygen atoms in total. The zero-order valence-corrected chi connectivity index (χ0v) is 13.4. The molecule has 4 heteroatoms. The van der Waals surface area contributed by atoms with Gasteiger partial charge in [-0.15, -0.1) is 0 Å². The average Bonchev–Trinajstić information content (AvgIpc) is 3.47. The predicted octanol–water partition coefficient (Wildman–Crippen LogP) is 4.40. The number of hydrogen-bond acceptors (Lipinski definition) is 3. The molecule has 0 aromatic rings. The lowest BCUT2D eigenvalue weighted by Gasteiger charge is -1.99. The van der Waals surface area contributed by atoms with Gasteiger partial charge in [0.25, 0.3) is 0 Å². The van der Waals surface area contributed by atoms with Crippen molar-refractivity contribution < 1.29 is 34.8 Å². The molecule has 1 aliphatic heterocycles. The van der Waals surface area contributed by atoms with Crippen LogP contribution in [0.5, 0.6) is 0 Å². The molecule has 2 N–H and O–H groups in total. The summed E-state index contributed by atoms with van der Waals surface area (Å²) in [4.78, 5) is 10.4. The zero-order valence-electron chi connectivity index (χ0n) is 24.4. The molecule has 1 aliphatic rings. The molecule has 1 fully saturated rings. The molecular formula is C20H32O4. The van der Waals surface area contributed by atoms with Crippen molar-refractivity contribution in [3.05, 3.63) is 36.5 Å². The second-order valence-electron chi connectivity index (χ2n) is 5.21. The Hall–Kier alpha value is -1.39. The largest absolute Gasteiger partial charge is 0.481 e. The van der Waals surface area contributed by atoms with Crippen LogP contribution in [0, 0.1) is 0 Å². The van der Waals surface area contributed by atoms with E-state index in [-0.39, 0.29) is 12.8 Å². The van der Waals surface area contributed by atoms with Crippen molar-refractivity contribution in [2.24, 2.45) is 0 Å². The summed E-state index contributed by atoms with van der Waals surface area (Å²) in [5, 5.41) is 18.7. The second-order valence-corrected chi connectivity index (χ2v) is 5.21. The van der Waals surface area contributed by atoms with Crippen molar-refractivity contribution in [1.82, 2.24) is 0 Å². The Balaban J connectivity index is 2.61. The number of unbranched alkanes of at least 4 members (excludes halogenated alkanes) is 1. The van der Waals surface area contributed by atoms with Crippen LogP contribution in [-0.4, -0.2) is 34.5 Å². The van der Waals surface area contributed by atoms with Gasteiger partial charge in [0, 0.05) is 21.5 Å². The van der Waals surface area contributed by atoms with Crippen molar-refractivity contribution in [2.45, 2.75) is 82.8 Å². The number of rotatable bonds is 14. The normalized spacial score (nSPS) is 31.6. The first-order valence-corrected chi connectivity index (χ1v) is 7.84. The summed E-state index contributed by atoms with van der Waals surface area (Å²) in [7, 11) is 0. The van der Waals surface area contributed by atoms with Crippen LogP contribution < -0.4 is 0 Å². The lowest BCUT2D eigenvalue weighted by atomic mass is 10.1. The molecule has 0 bridgehead atoms. The quantitative estimate of drug-likeness (QED) is 0.278. The molecule has 1 heterocycles. The van der Waals surface area contributed by atoms with E-state index < -0.39 is 56.6 Å². The van der Waals surface area contributed by atoms with Crippen LogP contribution in [0.15, 0.2) is 36.5 Å². The molecule has 1 saturated heterocycles. The van der Waals surface area contributed by atoms with E-state index in [1.165, 1.54) is 12.2 Å². The minimum absolute atomic E-state index is 0.0732. The van der Waals surface area contributed by atoms with Crippen molar-refractivity contribution in [3.63, 3.8) is 0 Å². The highest BCUT2D eigenvalue weighted by Crippen LogP contribution is 2.29. The molecule has 0 spiro atoms. The topological polar surface area (TPSA) is 70.1 Å². The van der Waals surface area contributed by atoms with E-state index in [4.69, 9.17) is 24.9 Å². The Kier molecular flexibility index (Phi) is 5.05. The van der Waals surface area contributed by atoms with Crippen molar-refractivity contribution in [1.29, 1.82) is 0 Å². The number of aliphatic hydroxyl groups is 1. The summed E-state index contributed by atoms with van der Waals surface area (Å²) in [6.45, 7) is -3.52. The van der Waals surface area contributed by atoms with Crippen LogP contribution in [0.25, 0.3) is 0 Å². The number of carboxylic acids is 1. The molecule has 136 valence electrons. The number of carboxylic acid groups (broad SMARTS) is 1. The fourth-order valence-corrected chi connectivity index (χ4v) is 2.01. The lowest BCUT2D eigenvalue weighted by Crippen LogP contribution is -2.13. The summed E-state index contributed by atoms with van der Waals surface area (Å²) in [6.07, 6.45) is -5.18. The summed E-state index contributed by atoms with van der Waals surface area (Å²) < 4.78 is 89.4. The van der Waals surface area contributed by atoms with Crippen LogP contribution in [0.1, 0.15) is 79.5 Å². The first-order valence-electron chi connectivity index (χ1n) is 13.3. The van der Waals surface area contributed by atoms with Crippen molar-refractivity contribution in [3.8, 4) is 0 Å². The van der Waals surface area contributed by atoms with Gasteiger partial charge in [-0.2, -0.15) is 0 Å². The number of aliphatic carboxylic acids is 1. The fourth-order valence-electron chi connectivity index (χ4n) is 2.01. The fraction of sp³-hybridized carbons (Fsp3) is 0.650. The average molecular weight is 348 g/mol. The van der Waals surface area contributed by atoms with Crippen molar-refractivity contribution in [2.75, 3.05) is 0 Å². The summed E-state index contributed by atoms with van der Waals surface area (Å²) in [6, 6.07) is 0. The molecule has 1 rings (SSSR count). The van der Waals surface area contributed by atoms with Gasteiger partial charge in [-0.3, -0.25) is 4.79 Å². The van der Waals surface area contributed by atoms with Gasteiger partial charge in [0.1, 0.15) is 12.2 Å². The first-order chi connectivity index (χ1) is 15.8. The van der Waals surface area contributed by atoms with Gasteiger partial charge < -0.3 is 14.9 Å². The first kappa shape index (κ1) is 9.35. The highest BCUT2D eigenvalue weighted by molar-refractivity contribution is 5.66. The van der Waals surface area contributed by atoms with Gasteiger partial charge in [-0.05, 0) is 38.4 Å². The third-order valence-electron chi connectivity index (χ3n) is 3.26. The van der Waals surface area contributed by atoms with E-state index >= 15 is 0 Å². The number of hydrogen-bond donors (Lipinski definition) is 2. The smallest absolute Gasteiger partial charge is 0.303 e. The Morgan fingerprint density at radius 1 is 1.29 bits per heavy atom. The molecular weight excluding hydrogens is 304 g/mol. The number of carbonyl (C=O) groups is 1. The van der Waals surface area contributed by atoms with Crippen LogP contribution in [-0.2, 0) is 9.53 Å². The zero-order chi connectivity index (χ0) is 27.3. The molecule has 24 heavy (non-hydrogen) atoms. The lowest BCUT2D eigenvalue weighted by molar-refractivity contribution is -0.137. The molecule has 0 saturated carbocycles. The molecule has 0 radical (unpaired) electrons. The second kappa shape index (κ2) is 13.0. The standard InChI is InChI=1S/C20H32O4/c1-2-3-4-5-9-12-15-18-20(24-18)17(21)14-11-8-6-7-10-13-16-19(22)23/h6-7,9,11-12,14,17-18,20-21H,2-5,8,10,13,15-16H2,1H3,(H,22,23)/b7-6-,12-9-,14-11-/t17-,18+,20+/m1/s1/i1D3,2D2,3D2,4D2,5D2. The molecule has 0 aliphatic carbocycles. The Labute approximate surface area is 161 Å². The maximum absolute atomic E-state index is 10.4. The molecule has 0 unspecified atom stereocenters. The number of epoxide rings is 1. The molecule has 0 aromatic carbocycles. The molecule has 0 aromatic heterocycles. The molecule has 0 amide bonds.